The van der Waals surface area contributed by atoms with E-state index in [1.54, 1.807) is 18.3 Å². The molecule has 0 spiro atoms. The van der Waals surface area contributed by atoms with E-state index in [2.05, 4.69) is 15.3 Å². The fourth-order valence-corrected chi connectivity index (χ4v) is 4.75. The molecule has 0 bridgehead atoms. The summed E-state index contributed by atoms with van der Waals surface area (Å²) in [7, 11) is 0. The van der Waals surface area contributed by atoms with Gasteiger partial charge in [0.1, 0.15) is 11.5 Å². The third-order valence-corrected chi connectivity index (χ3v) is 6.68. The van der Waals surface area contributed by atoms with E-state index in [1.165, 1.54) is 41.1 Å². The van der Waals surface area contributed by atoms with Gasteiger partial charge < -0.3 is 10.0 Å². The lowest BCUT2D eigenvalue weighted by Crippen LogP contribution is -2.39. The summed E-state index contributed by atoms with van der Waals surface area (Å²) >= 11 is 1.43. The highest BCUT2D eigenvalue weighted by Gasteiger charge is 2.23. The minimum Gasteiger partial charge on any atom is -0.391 e. The Hall–Kier alpha value is -2.78. The van der Waals surface area contributed by atoms with Gasteiger partial charge in [-0.05, 0) is 37.8 Å². The number of aliphatic hydroxyl groups excluding tert-OH is 1. The number of fused-ring (bicyclic) bond motifs is 1. The van der Waals surface area contributed by atoms with Gasteiger partial charge in [0.2, 0.25) is 0 Å². The predicted octanol–water partition coefficient (Wildman–Crippen LogP) is 2.63. The van der Waals surface area contributed by atoms with Crippen LogP contribution in [0.5, 0.6) is 0 Å². The SMILES string of the molecule is O=C(Nc1nc(C2CCC2)cs1)c1ccn2c(=O)cc(N3CCCC(O)C3)nc2c1. The molecule has 1 amide bonds. The van der Waals surface area contributed by atoms with Crippen LogP contribution in [-0.2, 0) is 0 Å². The zero-order valence-electron chi connectivity index (χ0n) is 16.5. The number of hydrogen-bond donors (Lipinski definition) is 2. The summed E-state index contributed by atoms with van der Waals surface area (Å²) in [6, 6.07) is 4.69. The number of β-amino-alcohol motifs (C(OH)–C–C–N with tert-alkyl or cyclic N) is 1. The summed E-state index contributed by atoms with van der Waals surface area (Å²) in [5, 5.41) is 15.4. The second-order valence-electron chi connectivity index (χ2n) is 8.00. The second kappa shape index (κ2) is 7.81. The average Bonchev–Trinajstić information content (AvgIpc) is 3.13. The number of amides is 1. The van der Waals surface area contributed by atoms with Crippen molar-refractivity contribution in [1.82, 2.24) is 14.4 Å². The number of nitrogens with one attached hydrogen (secondary N) is 1. The van der Waals surface area contributed by atoms with Gasteiger partial charge in [-0.25, -0.2) is 9.97 Å². The fraction of sp³-hybridized carbons (Fsp3) is 0.429. The van der Waals surface area contributed by atoms with E-state index in [0.717, 1.165) is 25.1 Å². The predicted molar refractivity (Wildman–Crippen MR) is 116 cm³/mol. The van der Waals surface area contributed by atoms with E-state index in [-0.39, 0.29) is 11.5 Å². The zero-order valence-corrected chi connectivity index (χ0v) is 17.3. The smallest absolute Gasteiger partial charge is 0.259 e. The number of pyridine rings is 1. The standard InChI is InChI=1S/C21H23N5O3S/c27-15-5-2-7-25(11-15)17-10-19(28)26-8-6-14(9-18(26)23-17)20(29)24-21-22-16(12-30-21)13-3-1-4-13/h6,8-10,12-13,15,27H,1-5,7,11H2,(H,22,24,29). The third-order valence-electron chi connectivity index (χ3n) is 5.90. The molecule has 30 heavy (non-hydrogen) atoms. The van der Waals surface area contributed by atoms with E-state index in [4.69, 9.17) is 0 Å². The number of carbonyl (C=O) groups excluding carboxylic acids is 1. The lowest BCUT2D eigenvalue weighted by molar-refractivity contribution is 0.102. The van der Waals surface area contributed by atoms with Gasteiger partial charge in [-0.15, -0.1) is 11.3 Å². The fourth-order valence-electron chi connectivity index (χ4n) is 3.96. The molecule has 2 aliphatic rings. The normalized spacial score (nSPS) is 19.6. The number of anilines is 2. The minimum atomic E-state index is -0.417. The van der Waals surface area contributed by atoms with Crippen molar-refractivity contribution < 1.29 is 9.90 Å². The van der Waals surface area contributed by atoms with Gasteiger partial charge >= 0.3 is 0 Å². The molecular formula is C21H23N5O3S. The van der Waals surface area contributed by atoms with Crippen LogP contribution in [-0.4, -0.2) is 44.6 Å². The first-order valence-electron chi connectivity index (χ1n) is 10.3. The molecule has 0 radical (unpaired) electrons. The van der Waals surface area contributed by atoms with Crippen molar-refractivity contribution in [3.63, 3.8) is 0 Å². The Labute approximate surface area is 177 Å². The summed E-state index contributed by atoms with van der Waals surface area (Å²) in [5.74, 6) is 0.775. The van der Waals surface area contributed by atoms with Gasteiger partial charge in [0, 0.05) is 42.2 Å². The average molecular weight is 426 g/mol. The first-order chi connectivity index (χ1) is 14.6. The summed E-state index contributed by atoms with van der Waals surface area (Å²) in [5.41, 5.74) is 1.66. The summed E-state index contributed by atoms with van der Waals surface area (Å²) in [4.78, 5) is 36.3. The van der Waals surface area contributed by atoms with E-state index >= 15 is 0 Å². The molecule has 2 fully saturated rings. The molecule has 0 aromatic carbocycles. The van der Waals surface area contributed by atoms with Gasteiger partial charge in [-0.2, -0.15) is 0 Å². The molecule has 1 saturated heterocycles. The number of rotatable bonds is 4. The first-order valence-corrected chi connectivity index (χ1v) is 11.2. The van der Waals surface area contributed by atoms with Crippen molar-refractivity contribution in [2.24, 2.45) is 0 Å². The van der Waals surface area contributed by atoms with Crippen molar-refractivity contribution >= 4 is 33.8 Å². The highest BCUT2D eigenvalue weighted by atomic mass is 32.1. The molecular weight excluding hydrogens is 402 g/mol. The Morgan fingerprint density at radius 2 is 2.07 bits per heavy atom. The minimum absolute atomic E-state index is 0.216. The van der Waals surface area contributed by atoms with Crippen LogP contribution < -0.4 is 15.8 Å². The molecule has 156 valence electrons. The van der Waals surface area contributed by atoms with Crippen LogP contribution in [0.15, 0.2) is 34.6 Å². The van der Waals surface area contributed by atoms with Crippen LogP contribution in [0.25, 0.3) is 5.65 Å². The second-order valence-corrected chi connectivity index (χ2v) is 8.86. The molecule has 1 unspecified atom stereocenters. The van der Waals surface area contributed by atoms with Crippen molar-refractivity contribution in [1.29, 1.82) is 0 Å². The molecule has 1 aliphatic carbocycles. The summed E-state index contributed by atoms with van der Waals surface area (Å²) in [6.45, 7) is 1.20. The van der Waals surface area contributed by atoms with E-state index in [1.807, 2.05) is 10.3 Å². The van der Waals surface area contributed by atoms with E-state index in [9.17, 15) is 14.7 Å². The van der Waals surface area contributed by atoms with Crippen LogP contribution in [0.4, 0.5) is 10.9 Å². The van der Waals surface area contributed by atoms with Crippen LogP contribution >= 0.6 is 11.3 Å². The van der Waals surface area contributed by atoms with Gasteiger partial charge in [0.25, 0.3) is 11.5 Å². The van der Waals surface area contributed by atoms with E-state index < -0.39 is 6.10 Å². The maximum absolute atomic E-state index is 12.7. The summed E-state index contributed by atoms with van der Waals surface area (Å²) in [6.07, 6.45) is 6.33. The Kier molecular flexibility index (Phi) is 5.00. The molecule has 3 aromatic rings. The topological polar surface area (TPSA) is 99.8 Å². The van der Waals surface area contributed by atoms with Crippen molar-refractivity contribution in [2.45, 2.75) is 44.1 Å². The number of aliphatic hydroxyl groups is 1. The molecule has 8 nitrogen and oxygen atoms in total. The van der Waals surface area contributed by atoms with Crippen LogP contribution in [0.2, 0.25) is 0 Å². The Balaban J connectivity index is 1.39. The lowest BCUT2D eigenvalue weighted by Gasteiger charge is -2.30. The quantitative estimate of drug-likeness (QED) is 0.667. The first kappa shape index (κ1) is 19.2. The van der Waals surface area contributed by atoms with Gasteiger partial charge in [0.05, 0.1) is 11.8 Å². The van der Waals surface area contributed by atoms with Crippen LogP contribution in [0, 0.1) is 0 Å². The van der Waals surface area contributed by atoms with Crippen molar-refractivity contribution in [2.75, 3.05) is 23.3 Å². The third kappa shape index (κ3) is 3.70. The number of carbonyl (C=O) groups is 1. The van der Waals surface area contributed by atoms with Crippen molar-refractivity contribution in [3.05, 3.63) is 51.4 Å². The lowest BCUT2D eigenvalue weighted by atomic mass is 9.83. The number of hydrogen-bond acceptors (Lipinski definition) is 7. The highest BCUT2D eigenvalue weighted by Crippen LogP contribution is 2.37. The molecule has 3 aromatic heterocycles. The number of nitrogens with zero attached hydrogens (tertiary/aromatic N) is 4. The molecule has 5 rings (SSSR count). The Bertz CT molecular complexity index is 1150. The Morgan fingerprint density at radius 3 is 2.83 bits per heavy atom. The molecule has 9 heteroatoms. The molecule has 1 aliphatic heterocycles. The van der Waals surface area contributed by atoms with Crippen molar-refractivity contribution in [3.8, 4) is 0 Å². The van der Waals surface area contributed by atoms with Gasteiger partial charge in [0.15, 0.2) is 5.13 Å². The maximum atomic E-state index is 12.7. The largest absolute Gasteiger partial charge is 0.391 e. The highest BCUT2D eigenvalue weighted by molar-refractivity contribution is 7.14. The Morgan fingerprint density at radius 1 is 1.20 bits per heavy atom. The monoisotopic (exact) mass is 425 g/mol. The number of piperidine rings is 1. The van der Waals surface area contributed by atoms with Gasteiger partial charge in [-0.1, -0.05) is 6.42 Å². The molecule has 4 heterocycles. The van der Waals surface area contributed by atoms with Gasteiger partial charge in [-0.3, -0.25) is 19.3 Å². The maximum Gasteiger partial charge on any atom is 0.259 e. The van der Waals surface area contributed by atoms with Crippen LogP contribution in [0.1, 0.15) is 54.1 Å². The molecule has 1 saturated carbocycles. The van der Waals surface area contributed by atoms with E-state index in [0.29, 0.717) is 34.6 Å². The zero-order chi connectivity index (χ0) is 20.7. The molecule has 1 atom stereocenters. The van der Waals surface area contributed by atoms with Crippen LogP contribution in [0.3, 0.4) is 0 Å². The summed E-state index contributed by atoms with van der Waals surface area (Å²) < 4.78 is 1.42. The molecule has 2 N–H and O–H groups in total. The number of thiazole rings is 1. The number of aromatic nitrogens is 3.